The standard InChI is InChI=1S/C10H10NO2/c1-7-2-4-9-8(6-7)3-5-10(12)11(9)13/h2-6,10,12H,1H3/q+1. The van der Waals surface area contributed by atoms with Crippen molar-refractivity contribution in [1.82, 2.24) is 0 Å². The number of hydrogen-bond acceptors (Lipinski definition) is 2. The molecule has 1 aliphatic heterocycles. The highest BCUT2D eigenvalue weighted by Gasteiger charge is 2.28. The summed E-state index contributed by atoms with van der Waals surface area (Å²) in [6.07, 6.45) is 2.20. The zero-order valence-electron chi connectivity index (χ0n) is 7.27. The van der Waals surface area contributed by atoms with Gasteiger partial charge in [0.05, 0.1) is 10.3 Å². The Morgan fingerprint density at radius 3 is 3.00 bits per heavy atom. The Hall–Kier alpha value is -1.48. The highest BCUT2D eigenvalue weighted by molar-refractivity contribution is 5.63. The number of aliphatic hydroxyl groups is 1. The summed E-state index contributed by atoms with van der Waals surface area (Å²) in [5.41, 5.74) is 2.49. The second-order valence-electron chi connectivity index (χ2n) is 3.16. The maximum absolute atomic E-state index is 11.3. The van der Waals surface area contributed by atoms with Gasteiger partial charge >= 0.3 is 6.23 Å². The van der Waals surface area contributed by atoms with Crippen LogP contribution < -0.4 is 0 Å². The molecule has 0 bridgehead atoms. The van der Waals surface area contributed by atoms with Gasteiger partial charge in [-0.1, -0.05) is 11.6 Å². The van der Waals surface area contributed by atoms with E-state index in [0.29, 0.717) is 10.4 Å². The van der Waals surface area contributed by atoms with Gasteiger partial charge in [0, 0.05) is 17.0 Å². The summed E-state index contributed by atoms with van der Waals surface area (Å²) in [5, 5.41) is 9.22. The summed E-state index contributed by atoms with van der Waals surface area (Å²) in [6.45, 7) is 1.97. The summed E-state index contributed by atoms with van der Waals surface area (Å²) in [6, 6.07) is 5.50. The molecule has 0 saturated heterocycles. The van der Waals surface area contributed by atoms with Gasteiger partial charge in [-0.15, -0.1) is 0 Å². The van der Waals surface area contributed by atoms with E-state index in [1.54, 1.807) is 12.1 Å². The fourth-order valence-electron chi connectivity index (χ4n) is 1.42. The van der Waals surface area contributed by atoms with E-state index in [1.807, 2.05) is 19.1 Å². The molecular formula is C10H10NO2+. The van der Waals surface area contributed by atoms with Gasteiger partial charge < -0.3 is 5.11 Å². The molecule has 2 rings (SSSR count). The molecule has 1 atom stereocenters. The van der Waals surface area contributed by atoms with E-state index in [0.717, 1.165) is 11.1 Å². The largest absolute Gasteiger partial charge is 0.330 e. The number of aliphatic hydroxyl groups excluding tert-OH is 1. The third-order valence-electron chi connectivity index (χ3n) is 2.11. The van der Waals surface area contributed by atoms with Crippen LogP contribution in [0.3, 0.4) is 0 Å². The number of nitroso groups, excluding NO2 is 1. The maximum atomic E-state index is 11.3. The molecule has 0 aromatic heterocycles. The number of aryl methyl sites for hydroxylation is 1. The molecule has 0 fully saturated rings. The van der Waals surface area contributed by atoms with Gasteiger partial charge in [0.2, 0.25) is 0 Å². The molecule has 1 aliphatic rings. The molecule has 13 heavy (non-hydrogen) atoms. The summed E-state index contributed by atoms with van der Waals surface area (Å²) in [4.78, 5) is 11.3. The average Bonchev–Trinajstić information content (AvgIpc) is 2.12. The van der Waals surface area contributed by atoms with Gasteiger partial charge in [0.1, 0.15) is 0 Å². The zero-order chi connectivity index (χ0) is 9.42. The zero-order valence-corrected chi connectivity index (χ0v) is 7.27. The van der Waals surface area contributed by atoms with Crippen LogP contribution in [-0.2, 0) is 0 Å². The summed E-state index contributed by atoms with van der Waals surface area (Å²) in [7, 11) is 0. The molecule has 3 heteroatoms. The first-order valence-electron chi connectivity index (χ1n) is 4.12. The minimum atomic E-state index is -1.05. The lowest BCUT2D eigenvalue weighted by Crippen LogP contribution is -2.19. The van der Waals surface area contributed by atoms with Crippen molar-refractivity contribution in [1.29, 1.82) is 0 Å². The lowest BCUT2D eigenvalue weighted by atomic mass is 10.1. The van der Waals surface area contributed by atoms with Crippen LogP contribution in [-0.4, -0.2) is 16.1 Å². The number of hydrogen-bond donors (Lipinski definition) is 1. The van der Waals surface area contributed by atoms with E-state index >= 15 is 0 Å². The molecular weight excluding hydrogens is 166 g/mol. The summed E-state index contributed by atoms with van der Waals surface area (Å²) < 4.78 is 0.606. The SMILES string of the molecule is Cc1ccc2c(c1)C=CC(O)[N+]2=O. The van der Waals surface area contributed by atoms with Gasteiger partial charge in [0.25, 0.3) is 5.69 Å². The molecule has 1 N–H and O–H groups in total. The van der Waals surface area contributed by atoms with E-state index in [2.05, 4.69) is 0 Å². The number of benzene rings is 1. The van der Waals surface area contributed by atoms with Crippen LogP contribution in [0.25, 0.3) is 6.08 Å². The van der Waals surface area contributed by atoms with E-state index in [-0.39, 0.29) is 0 Å². The van der Waals surface area contributed by atoms with Crippen molar-refractivity contribution in [3.05, 3.63) is 40.3 Å². The van der Waals surface area contributed by atoms with Crippen molar-refractivity contribution in [2.24, 2.45) is 0 Å². The van der Waals surface area contributed by atoms with Gasteiger partial charge in [-0.2, -0.15) is 0 Å². The molecule has 0 amide bonds. The monoisotopic (exact) mass is 176 g/mol. The molecule has 66 valence electrons. The predicted molar refractivity (Wildman–Crippen MR) is 49.5 cm³/mol. The van der Waals surface area contributed by atoms with E-state index < -0.39 is 6.23 Å². The van der Waals surface area contributed by atoms with Crippen LogP contribution in [0.1, 0.15) is 11.1 Å². The number of nitrogens with zero attached hydrogens (tertiary/aromatic N) is 1. The van der Waals surface area contributed by atoms with Crippen molar-refractivity contribution in [3.63, 3.8) is 0 Å². The van der Waals surface area contributed by atoms with Crippen molar-refractivity contribution in [2.75, 3.05) is 0 Å². The van der Waals surface area contributed by atoms with Gasteiger partial charge in [-0.05, 0) is 19.1 Å². The topological polar surface area (TPSA) is 40.3 Å². The van der Waals surface area contributed by atoms with Gasteiger partial charge in [-0.25, -0.2) is 0 Å². The fraction of sp³-hybridized carbons (Fsp3) is 0.200. The quantitative estimate of drug-likeness (QED) is 0.612. The maximum Gasteiger partial charge on any atom is 0.329 e. The van der Waals surface area contributed by atoms with Gasteiger partial charge in [-0.3, -0.25) is 0 Å². The lowest BCUT2D eigenvalue weighted by Gasteiger charge is -2.06. The van der Waals surface area contributed by atoms with Crippen LogP contribution in [0.2, 0.25) is 0 Å². The first kappa shape index (κ1) is 8.13. The molecule has 0 spiro atoms. The van der Waals surface area contributed by atoms with Crippen LogP contribution in [0.15, 0.2) is 24.3 Å². The minimum absolute atomic E-state index is 0.528. The first-order chi connectivity index (χ1) is 6.18. The highest BCUT2D eigenvalue weighted by atomic mass is 16.4. The molecule has 3 nitrogen and oxygen atoms in total. The normalized spacial score (nSPS) is 20.2. The Morgan fingerprint density at radius 2 is 2.23 bits per heavy atom. The van der Waals surface area contributed by atoms with Crippen LogP contribution in [0.5, 0.6) is 0 Å². The molecule has 1 aromatic carbocycles. The summed E-state index contributed by atoms with van der Waals surface area (Å²) in [5.74, 6) is 0. The molecule has 0 radical (unpaired) electrons. The van der Waals surface area contributed by atoms with Crippen LogP contribution in [0.4, 0.5) is 5.69 Å². The van der Waals surface area contributed by atoms with Crippen LogP contribution in [0, 0.1) is 11.8 Å². The predicted octanol–water partition coefficient (Wildman–Crippen LogP) is 1.75. The van der Waals surface area contributed by atoms with Crippen molar-refractivity contribution >= 4 is 11.8 Å². The average molecular weight is 176 g/mol. The Kier molecular flexibility index (Phi) is 1.74. The molecule has 1 heterocycles. The number of fused-ring (bicyclic) bond motifs is 1. The van der Waals surface area contributed by atoms with E-state index in [1.165, 1.54) is 6.08 Å². The lowest BCUT2D eigenvalue weighted by molar-refractivity contribution is -0.541. The molecule has 1 unspecified atom stereocenters. The van der Waals surface area contributed by atoms with E-state index in [9.17, 15) is 10.0 Å². The Morgan fingerprint density at radius 1 is 1.46 bits per heavy atom. The third-order valence-corrected chi connectivity index (χ3v) is 2.11. The second-order valence-corrected chi connectivity index (χ2v) is 3.16. The second kappa shape index (κ2) is 2.78. The first-order valence-corrected chi connectivity index (χ1v) is 4.12. The summed E-state index contributed by atoms with van der Waals surface area (Å²) >= 11 is 0. The van der Waals surface area contributed by atoms with Gasteiger partial charge in [0.15, 0.2) is 0 Å². The third kappa shape index (κ3) is 1.27. The van der Waals surface area contributed by atoms with Crippen molar-refractivity contribution in [3.8, 4) is 0 Å². The fourth-order valence-corrected chi connectivity index (χ4v) is 1.42. The highest BCUT2D eigenvalue weighted by Crippen LogP contribution is 2.26. The molecule has 1 aromatic rings. The van der Waals surface area contributed by atoms with Crippen molar-refractivity contribution in [2.45, 2.75) is 13.2 Å². The van der Waals surface area contributed by atoms with E-state index in [4.69, 9.17) is 0 Å². The number of rotatable bonds is 0. The van der Waals surface area contributed by atoms with Crippen LogP contribution >= 0.6 is 0 Å². The minimum Gasteiger partial charge on any atom is -0.330 e. The Labute approximate surface area is 75.9 Å². The molecule has 0 saturated carbocycles. The smallest absolute Gasteiger partial charge is 0.329 e. The van der Waals surface area contributed by atoms with Crippen molar-refractivity contribution < 1.29 is 9.87 Å². The molecule has 0 aliphatic carbocycles. The Bertz CT molecular complexity index is 396. The Balaban J connectivity index is 2.59.